The van der Waals surface area contributed by atoms with E-state index in [4.69, 9.17) is 0 Å². The molecular formula is C32H37N3O2. The Labute approximate surface area is 219 Å². The minimum atomic E-state index is -0.650. The fraction of sp³-hybridized carbons (Fsp3) is 0.375. The topological polar surface area (TPSA) is 71.5 Å². The van der Waals surface area contributed by atoms with E-state index >= 15 is 0 Å². The summed E-state index contributed by atoms with van der Waals surface area (Å²) in [6.07, 6.45) is 10.3. The van der Waals surface area contributed by atoms with Crippen molar-refractivity contribution in [1.29, 1.82) is 0 Å². The van der Waals surface area contributed by atoms with Gasteiger partial charge in [-0.05, 0) is 42.7 Å². The van der Waals surface area contributed by atoms with Crippen LogP contribution in [0.5, 0.6) is 5.75 Å². The second kappa shape index (κ2) is 10.6. The number of nitrogens with zero attached hydrogens (tertiary/aromatic N) is 1. The van der Waals surface area contributed by atoms with Crippen molar-refractivity contribution >= 4 is 10.9 Å². The molecule has 0 radical (unpaired) electrons. The third-order valence-corrected chi connectivity index (χ3v) is 7.85. The van der Waals surface area contributed by atoms with Crippen LogP contribution in [0, 0.1) is 17.3 Å². The molecule has 2 aliphatic rings. The van der Waals surface area contributed by atoms with Crippen molar-refractivity contribution in [3.63, 3.8) is 0 Å². The lowest BCUT2D eigenvalue weighted by Crippen LogP contribution is -2.47. The molecule has 192 valence electrons. The number of rotatable bonds is 6. The van der Waals surface area contributed by atoms with Crippen molar-refractivity contribution in [3.8, 4) is 17.6 Å². The third-order valence-electron chi connectivity index (χ3n) is 7.85. The van der Waals surface area contributed by atoms with Gasteiger partial charge in [0.1, 0.15) is 5.75 Å². The molecule has 1 fully saturated rings. The first kappa shape index (κ1) is 25.4. The molecule has 2 heterocycles. The Morgan fingerprint density at radius 3 is 2.68 bits per heavy atom. The number of hydrogen-bond donors (Lipinski definition) is 4. The summed E-state index contributed by atoms with van der Waals surface area (Å²) < 4.78 is 0. The first-order chi connectivity index (χ1) is 17.9. The van der Waals surface area contributed by atoms with Gasteiger partial charge >= 0.3 is 0 Å². The highest BCUT2D eigenvalue weighted by Gasteiger charge is 2.30. The number of H-pyrrole nitrogens is 1. The van der Waals surface area contributed by atoms with Gasteiger partial charge in [-0.15, -0.1) is 0 Å². The fourth-order valence-corrected chi connectivity index (χ4v) is 5.54. The number of aromatic hydroxyl groups is 1. The summed E-state index contributed by atoms with van der Waals surface area (Å²) in [6.45, 7) is 9.65. The van der Waals surface area contributed by atoms with Crippen LogP contribution in [-0.4, -0.2) is 59.4 Å². The fourth-order valence-electron chi connectivity index (χ4n) is 5.54. The molecule has 1 aliphatic heterocycles. The molecule has 5 heteroatoms. The maximum absolute atomic E-state index is 10.8. The Balaban J connectivity index is 1.32. The molecule has 3 aromatic rings. The van der Waals surface area contributed by atoms with Crippen molar-refractivity contribution in [3.05, 3.63) is 89.2 Å². The summed E-state index contributed by atoms with van der Waals surface area (Å²) in [6, 6.07) is 13.6. The number of fused-ring (bicyclic) bond motifs is 1. The average molecular weight is 496 g/mol. The van der Waals surface area contributed by atoms with E-state index in [0.29, 0.717) is 12.0 Å². The van der Waals surface area contributed by atoms with E-state index in [2.05, 4.69) is 58.3 Å². The molecule has 1 aliphatic carbocycles. The third kappa shape index (κ3) is 5.67. The summed E-state index contributed by atoms with van der Waals surface area (Å²) in [5.41, 5.74) is 4.24. The van der Waals surface area contributed by atoms with Gasteiger partial charge in [0, 0.05) is 77.4 Å². The van der Waals surface area contributed by atoms with E-state index in [1.807, 2.05) is 43.5 Å². The molecule has 2 atom stereocenters. The van der Waals surface area contributed by atoms with E-state index in [9.17, 15) is 10.2 Å². The molecule has 5 nitrogen and oxygen atoms in total. The largest absolute Gasteiger partial charge is 0.508 e. The minimum Gasteiger partial charge on any atom is -0.508 e. The number of phenolic OH excluding ortho intramolecular Hbond substituents is 1. The highest BCUT2D eigenvalue weighted by Crippen LogP contribution is 2.36. The van der Waals surface area contributed by atoms with Gasteiger partial charge in [-0.2, -0.15) is 0 Å². The Hall–Kier alpha value is -3.30. The summed E-state index contributed by atoms with van der Waals surface area (Å²) >= 11 is 0. The number of hydrogen-bond acceptors (Lipinski definition) is 4. The van der Waals surface area contributed by atoms with Crippen LogP contribution < -0.4 is 5.32 Å². The number of nitrogens with one attached hydrogen (secondary N) is 2. The van der Waals surface area contributed by atoms with Gasteiger partial charge < -0.3 is 20.5 Å². The molecule has 5 rings (SSSR count). The number of aromatic amines is 1. The zero-order valence-electron chi connectivity index (χ0n) is 21.8. The molecule has 37 heavy (non-hydrogen) atoms. The molecule has 0 saturated carbocycles. The smallest absolute Gasteiger partial charge is 0.119 e. The lowest BCUT2D eigenvalue weighted by atomic mass is 9.77. The SMILES string of the molecule is CC1(CN2CCNCC2)C=CC(C#Cc2ccc(O)c(C(C)(CO)Cc3c[nH]c4ccccc34)c2)=CC1. The van der Waals surface area contributed by atoms with E-state index in [-0.39, 0.29) is 17.8 Å². The normalized spacial score (nSPS) is 21.8. The van der Waals surface area contributed by atoms with Crippen LogP contribution in [0.4, 0.5) is 0 Å². The van der Waals surface area contributed by atoms with Crippen molar-refractivity contribution in [2.24, 2.45) is 5.41 Å². The van der Waals surface area contributed by atoms with Gasteiger partial charge in [0.25, 0.3) is 0 Å². The summed E-state index contributed by atoms with van der Waals surface area (Å²) in [7, 11) is 0. The Morgan fingerprint density at radius 2 is 1.92 bits per heavy atom. The lowest BCUT2D eigenvalue weighted by molar-refractivity contribution is 0.178. The van der Waals surface area contributed by atoms with E-state index in [1.54, 1.807) is 6.07 Å². The van der Waals surface area contributed by atoms with Gasteiger partial charge in [0.15, 0.2) is 0 Å². The van der Waals surface area contributed by atoms with Crippen molar-refractivity contribution in [2.75, 3.05) is 39.3 Å². The predicted molar refractivity (Wildman–Crippen MR) is 151 cm³/mol. The predicted octanol–water partition coefficient (Wildman–Crippen LogP) is 4.52. The Morgan fingerprint density at radius 1 is 1.11 bits per heavy atom. The highest BCUT2D eigenvalue weighted by molar-refractivity contribution is 5.83. The number of aliphatic hydroxyl groups is 1. The second-order valence-electron chi connectivity index (χ2n) is 11.1. The monoisotopic (exact) mass is 495 g/mol. The van der Waals surface area contributed by atoms with Gasteiger partial charge in [-0.1, -0.05) is 62.1 Å². The molecular weight excluding hydrogens is 458 g/mol. The Kier molecular flexibility index (Phi) is 7.26. The van der Waals surface area contributed by atoms with Crippen molar-refractivity contribution in [2.45, 2.75) is 32.1 Å². The van der Waals surface area contributed by atoms with E-state index in [0.717, 1.165) is 66.7 Å². The molecule has 0 bridgehead atoms. The summed E-state index contributed by atoms with van der Waals surface area (Å²) in [5.74, 6) is 6.79. The van der Waals surface area contributed by atoms with Crippen LogP contribution in [0.2, 0.25) is 0 Å². The summed E-state index contributed by atoms with van der Waals surface area (Å²) in [5, 5.41) is 25.8. The molecule has 1 aromatic heterocycles. The minimum absolute atomic E-state index is 0.0868. The number of benzene rings is 2. The standard InChI is InChI=1S/C32H37N3O2/c1-31(22-35-17-15-33-16-18-35)13-11-24(12-14-31)7-8-25-9-10-30(37)28(19-25)32(2,23-36)20-26-21-34-29-6-4-3-5-27(26)29/h3-6,9-13,19,21,33-34,36-37H,14-18,20,22-23H2,1-2H3. The number of aromatic nitrogens is 1. The van der Waals surface area contributed by atoms with Gasteiger partial charge in [0.2, 0.25) is 0 Å². The van der Waals surface area contributed by atoms with Crippen LogP contribution in [0.1, 0.15) is 37.0 Å². The zero-order chi connectivity index (χ0) is 25.9. The van der Waals surface area contributed by atoms with Crippen LogP contribution in [0.15, 0.2) is 72.5 Å². The van der Waals surface area contributed by atoms with Gasteiger partial charge in [0.05, 0.1) is 6.61 Å². The van der Waals surface area contributed by atoms with Gasteiger partial charge in [-0.3, -0.25) is 4.90 Å². The number of piperazine rings is 1. The average Bonchev–Trinajstić information content (AvgIpc) is 3.32. The number of allylic oxidation sites excluding steroid dienone is 3. The number of aliphatic hydroxyl groups excluding tert-OH is 1. The van der Waals surface area contributed by atoms with Crippen LogP contribution in [0.3, 0.4) is 0 Å². The number of para-hydroxylation sites is 1. The van der Waals surface area contributed by atoms with Crippen molar-refractivity contribution in [1.82, 2.24) is 15.2 Å². The lowest BCUT2D eigenvalue weighted by Gasteiger charge is -2.36. The molecule has 4 N–H and O–H groups in total. The molecule has 2 aromatic carbocycles. The van der Waals surface area contributed by atoms with Gasteiger partial charge in [-0.25, -0.2) is 0 Å². The Bertz CT molecular complexity index is 1390. The van der Waals surface area contributed by atoms with E-state index in [1.165, 1.54) is 0 Å². The maximum Gasteiger partial charge on any atom is 0.119 e. The first-order valence-corrected chi connectivity index (χ1v) is 13.2. The molecule has 0 spiro atoms. The first-order valence-electron chi connectivity index (χ1n) is 13.2. The van der Waals surface area contributed by atoms with Crippen molar-refractivity contribution < 1.29 is 10.2 Å². The highest BCUT2D eigenvalue weighted by atomic mass is 16.3. The molecule has 1 saturated heterocycles. The zero-order valence-corrected chi connectivity index (χ0v) is 21.8. The summed E-state index contributed by atoms with van der Waals surface area (Å²) in [4.78, 5) is 5.85. The second-order valence-corrected chi connectivity index (χ2v) is 11.1. The van der Waals surface area contributed by atoms with Crippen LogP contribution in [-0.2, 0) is 11.8 Å². The quantitative estimate of drug-likeness (QED) is 0.380. The molecule has 0 amide bonds. The maximum atomic E-state index is 10.8. The number of phenols is 1. The van der Waals surface area contributed by atoms with E-state index < -0.39 is 5.41 Å². The van der Waals surface area contributed by atoms with Crippen LogP contribution >= 0.6 is 0 Å². The molecule has 2 unspecified atom stereocenters. The van der Waals surface area contributed by atoms with Crippen LogP contribution in [0.25, 0.3) is 10.9 Å².